The standard InChI is InChI=1S/C16H20BrN3O3/c1-10(2)23-16-15(18-5-6-19-16)20-9-11-7-13(21-3)14(22-4)8-12(11)17/h5-8,10H,9H2,1-4H3,(H,18,20). The van der Waals surface area contributed by atoms with E-state index in [2.05, 4.69) is 31.2 Å². The zero-order valence-electron chi connectivity index (χ0n) is 13.6. The Morgan fingerprint density at radius 1 is 1.09 bits per heavy atom. The van der Waals surface area contributed by atoms with Gasteiger partial charge in [-0.3, -0.25) is 0 Å². The average Bonchev–Trinajstić information content (AvgIpc) is 2.54. The van der Waals surface area contributed by atoms with Crippen molar-refractivity contribution in [3.05, 3.63) is 34.6 Å². The molecule has 124 valence electrons. The Bertz CT molecular complexity index is 665. The van der Waals surface area contributed by atoms with E-state index in [0.29, 0.717) is 29.7 Å². The van der Waals surface area contributed by atoms with E-state index in [1.54, 1.807) is 26.6 Å². The summed E-state index contributed by atoms with van der Waals surface area (Å²) in [5, 5.41) is 3.24. The van der Waals surface area contributed by atoms with Crippen molar-refractivity contribution in [3.8, 4) is 17.4 Å². The molecule has 1 aromatic carbocycles. The highest BCUT2D eigenvalue weighted by Gasteiger charge is 2.12. The molecule has 7 heteroatoms. The van der Waals surface area contributed by atoms with Crippen molar-refractivity contribution < 1.29 is 14.2 Å². The number of halogens is 1. The van der Waals surface area contributed by atoms with Gasteiger partial charge in [-0.1, -0.05) is 15.9 Å². The summed E-state index contributed by atoms with van der Waals surface area (Å²) in [4.78, 5) is 8.49. The normalized spacial score (nSPS) is 10.5. The third kappa shape index (κ3) is 4.48. The molecule has 0 aliphatic rings. The Balaban J connectivity index is 2.18. The van der Waals surface area contributed by atoms with Gasteiger partial charge in [0, 0.05) is 23.4 Å². The highest BCUT2D eigenvalue weighted by atomic mass is 79.9. The first-order valence-electron chi connectivity index (χ1n) is 7.17. The number of nitrogens with zero attached hydrogens (tertiary/aromatic N) is 2. The van der Waals surface area contributed by atoms with E-state index in [1.165, 1.54) is 0 Å². The van der Waals surface area contributed by atoms with E-state index < -0.39 is 0 Å². The zero-order chi connectivity index (χ0) is 16.8. The van der Waals surface area contributed by atoms with Crippen molar-refractivity contribution in [2.45, 2.75) is 26.5 Å². The van der Waals surface area contributed by atoms with Crippen LogP contribution in [-0.4, -0.2) is 30.3 Å². The molecule has 0 amide bonds. The quantitative estimate of drug-likeness (QED) is 0.789. The Morgan fingerprint density at radius 3 is 2.39 bits per heavy atom. The summed E-state index contributed by atoms with van der Waals surface area (Å²) in [5.74, 6) is 2.43. The molecule has 0 bridgehead atoms. The molecule has 0 saturated heterocycles. The molecule has 1 aromatic heterocycles. The average molecular weight is 382 g/mol. The number of hydrogen-bond acceptors (Lipinski definition) is 6. The van der Waals surface area contributed by atoms with Crippen molar-refractivity contribution in [2.75, 3.05) is 19.5 Å². The second-order valence-electron chi connectivity index (χ2n) is 5.03. The maximum absolute atomic E-state index is 5.65. The van der Waals surface area contributed by atoms with Gasteiger partial charge in [-0.05, 0) is 31.5 Å². The van der Waals surface area contributed by atoms with Gasteiger partial charge in [-0.2, -0.15) is 0 Å². The Kier molecular flexibility index (Phi) is 6.04. The van der Waals surface area contributed by atoms with E-state index in [-0.39, 0.29) is 6.10 Å². The third-order valence-electron chi connectivity index (χ3n) is 3.01. The van der Waals surface area contributed by atoms with E-state index >= 15 is 0 Å². The minimum absolute atomic E-state index is 0.0278. The van der Waals surface area contributed by atoms with Gasteiger partial charge in [0.25, 0.3) is 5.88 Å². The Hall–Kier alpha value is -2.02. The van der Waals surface area contributed by atoms with Gasteiger partial charge in [0.15, 0.2) is 17.3 Å². The second-order valence-corrected chi connectivity index (χ2v) is 5.88. The molecule has 1 heterocycles. The van der Waals surface area contributed by atoms with Gasteiger partial charge in [0.2, 0.25) is 0 Å². The number of hydrogen-bond donors (Lipinski definition) is 1. The summed E-state index contributed by atoms with van der Waals surface area (Å²) in [6.45, 7) is 4.43. The van der Waals surface area contributed by atoms with Crippen LogP contribution in [0.4, 0.5) is 5.82 Å². The number of methoxy groups -OCH3 is 2. The maximum atomic E-state index is 5.65. The summed E-state index contributed by atoms with van der Waals surface area (Å²) >= 11 is 3.54. The fraction of sp³-hybridized carbons (Fsp3) is 0.375. The molecular weight excluding hydrogens is 362 g/mol. The maximum Gasteiger partial charge on any atom is 0.257 e. The molecule has 0 aliphatic carbocycles. The van der Waals surface area contributed by atoms with Crippen LogP contribution in [-0.2, 0) is 6.54 Å². The lowest BCUT2D eigenvalue weighted by Crippen LogP contribution is -2.11. The molecule has 0 radical (unpaired) electrons. The first-order chi connectivity index (χ1) is 11.0. The molecule has 6 nitrogen and oxygen atoms in total. The van der Waals surface area contributed by atoms with E-state index in [4.69, 9.17) is 14.2 Å². The minimum atomic E-state index is 0.0278. The van der Waals surface area contributed by atoms with E-state index in [1.807, 2.05) is 26.0 Å². The minimum Gasteiger partial charge on any atom is -0.493 e. The number of nitrogens with one attached hydrogen (secondary N) is 1. The fourth-order valence-corrected chi connectivity index (χ4v) is 2.43. The molecule has 0 saturated carbocycles. The van der Waals surface area contributed by atoms with Crippen LogP contribution in [0.5, 0.6) is 17.4 Å². The third-order valence-corrected chi connectivity index (χ3v) is 3.75. The van der Waals surface area contributed by atoms with Gasteiger partial charge in [-0.25, -0.2) is 9.97 Å². The van der Waals surface area contributed by atoms with Gasteiger partial charge in [0.1, 0.15) is 0 Å². The van der Waals surface area contributed by atoms with Gasteiger partial charge < -0.3 is 19.5 Å². The van der Waals surface area contributed by atoms with Crippen LogP contribution >= 0.6 is 15.9 Å². The summed E-state index contributed by atoms with van der Waals surface area (Å²) in [7, 11) is 3.22. The lowest BCUT2D eigenvalue weighted by atomic mass is 10.2. The predicted octanol–water partition coefficient (Wildman–Crippen LogP) is 3.66. The van der Waals surface area contributed by atoms with Crippen LogP contribution in [0.2, 0.25) is 0 Å². The summed E-state index contributed by atoms with van der Waals surface area (Å²) < 4.78 is 17.2. The molecule has 23 heavy (non-hydrogen) atoms. The SMILES string of the molecule is COc1cc(Br)c(CNc2nccnc2OC(C)C)cc1OC. The van der Waals surface area contributed by atoms with Crippen LogP contribution in [0.25, 0.3) is 0 Å². The molecule has 0 unspecified atom stereocenters. The van der Waals surface area contributed by atoms with Crippen LogP contribution in [0.15, 0.2) is 29.0 Å². The molecule has 0 fully saturated rings. The largest absolute Gasteiger partial charge is 0.493 e. The first kappa shape index (κ1) is 17.3. The molecule has 0 spiro atoms. The lowest BCUT2D eigenvalue weighted by molar-refractivity contribution is 0.233. The highest BCUT2D eigenvalue weighted by Crippen LogP contribution is 2.33. The molecule has 1 N–H and O–H groups in total. The summed E-state index contributed by atoms with van der Waals surface area (Å²) in [6, 6.07) is 3.79. The van der Waals surface area contributed by atoms with Crippen molar-refractivity contribution in [1.82, 2.24) is 9.97 Å². The first-order valence-corrected chi connectivity index (χ1v) is 7.96. The monoisotopic (exact) mass is 381 g/mol. The second kappa shape index (κ2) is 8.01. The van der Waals surface area contributed by atoms with E-state index in [0.717, 1.165) is 10.0 Å². The van der Waals surface area contributed by atoms with Crippen molar-refractivity contribution in [1.29, 1.82) is 0 Å². The van der Waals surface area contributed by atoms with Crippen LogP contribution in [0.1, 0.15) is 19.4 Å². The summed E-state index contributed by atoms with van der Waals surface area (Å²) in [6.07, 6.45) is 3.26. The summed E-state index contributed by atoms with van der Waals surface area (Å²) in [5.41, 5.74) is 1.00. The predicted molar refractivity (Wildman–Crippen MR) is 92.4 cm³/mol. The number of aromatic nitrogens is 2. The lowest BCUT2D eigenvalue weighted by Gasteiger charge is -2.15. The topological polar surface area (TPSA) is 65.5 Å². The Morgan fingerprint density at radius 2 is 1.74 bits per heavy atom. The smallest absolute Gasteiger partial charge is 0.257 e. The van der Waals surface area contributed by atoms with Crippen molar-refractivity contribution in [2.24, 2.45) is 0 Å². The van der Waals surface area contributed by atoms with Gasteiger partial charge >= 0.3 is 0 Å². The zero-order valence-corrected chi connectivity index (χ0v) is 15.2. The number of ether oxygens (including phenoxy) is 3. The van der Waals surface area contributed by atoms with E-state index in [9.17, 15) is 0 Å². The van der Waals surface area contributed by atoms with Gasteiger partial charge in [0.05, 0.1) is 20.3 Å². The fourth-order valence-electron chi connectivity index (χ4n) is 1.97. The molecule has 0 atom stereocenters. The highest BCUT2D eigenvalue weighted by molar-refractivity contribution is 9.10. The number of rotatable bonds is 7. The van der Waals surface area contributed by atoms with Gasteiger partial charge in [-0.15, -0.1) is 0 Å². The molecular formula is C16H20BrN3O3. The number of anilines is 1. The molecule has 2 aromatic rings. The molecule has 0 aliphatic heterocycles. The molecule has 2 rings (SSSR count). The van der Waals surface area contributed by atoms with Crippen LogP contribution in [0, 0.1) is 0 Å². The van der Waals surface area contributed by atoms with Crippen LogP contribution < -0.4 is 19.5 Å². The van der Waals surface area contributed by atoms with Crippen LogP contribution in [0.3, 0.4) is 0 Å². The Labute approximate surface area is 144 Å². The van der Waals surface area contributed by atoms with Crippen molar-refractivity contribution in [3.63, 3.8) is 0 Å². The number of benzene rings is 1. The van der Waals surface area contributed by atoms with Crippen molar-refractivity contribution >= 4 is 21.7 Å².